The second-order valence-corrected chi connectivity index (χ2v) is 5.87. The third-order valence-electron chi connectivity index (χ3n) is 3.78. The molecule has 1 heterocycles. The van der Waals surface area contributed by atoms with Gasteiger partial charge >= 0.3 is 5.97 Å². The molecule has 118 valence electrons. The van der Waals surface area contributed by atoms with Gasteiger partial charge in [0.25, 0.3) is 0 Å². The van der Waals surface area contributed by atoms with Gasteiger partial charge in [-0.15, -0.1) is 0 Å². The number of amides is 1. The Hall–Kier alpha value is -2.30. The van der Waals surface area contributed by atoms with Gasteiger partial charge in [-0.1, -0.05) is 11.6 Å². The number of nitrogens with one attached hydrogen (secondary N) is 1. The molecule has 0 aliphatic carbocycles. The molecule has 0 unspecified atom stereocenters. The fraction of sp³-hybridized carbons (Fsp3) is 0.412. The molecule has 0 aliphatic rings. The zero-order chi connectivity index (χ0) is 16.3. The van der Waals surface area contributed by atoms with Crippen LogP contribution in [0.1, 0.15) is 31.4 Å². The highest BCUT2D eigenvalue weighted by Gasteiger charge is 2.19. The molecule has 1 aromatic carbocycles. The van der Waals surface area contributed by atoms with Crippen molar-refractivity contribution in [2.75, 3.05) is 6.54 Å². The van der Waals surface area contributed by atoms with Crippen molar-refractivity contribution < 1.29 is 14.7 Å². The number of aryl methyl sites for hydroxylation is 2. The third-order valence-corrected chi connectivity index (χ3v) is 3.78. The number of benzene rings is 1. The van der Waals surface area contributed by atoms with E-state index in [1.807, 2.05) is 39.1 Å². The second-order valence-electron chi connectivity index (χ2n) is 5.87. The molecule has 2 N–H and O–H groups in total. The Labute approximate surface area is 129 Å². The zero-order valence-corrected chi connectivity index (χ0v) is 13.2. The van der Waals surface area contributed by atoms with Gasteiger partial charge in [0.15, 0.2) is 0 Å². The van der Waals surface area contributed by atoms with Crippen LogP contribution in [0.5, 0.6) is 0 Å². The van der Waals surface area contributed by atoms with Gasteiger partial charge < -0.3 is 15.0 Å². The molecule has 2 aromatic rings. The molecule has 0 aliphatic heterocycles. The fourth-order valence-electron chi connectivity index (χ4n) is 2.59. The first-order valence-electron chi connectivity index (χ1n) is 7.46. The lowest BCUT2D eigenvalue weighted by Gasteiger charge is -2.24. The number of carboxylic acid groups (broad SMARTS) is 1. The number of rotatable bonds is 6. The summed E-state index contributed by atoms with van der Waals surface area (Å²) in [6.07, 6.45) is 2.84. The number of aromatic nitrogens is 1. The molecule has 22 heavy (non-hydrogen) atoms. The van der Waals surface area contributed by atoms with Gasteiger partial charge in [-0.2, -0.15) is 0 Å². The first kappa shape index (κ1) is 16.1. The van der Waals surface area contributed by atoms with Gasteiger partial charge in [-0.3, -0.25) is 9.59 Å². The fourth-order valence-corrected chi connectivity index (χ4v) is 2.59. The summed E-state index contributed by atoms with van der Waals surface area (Å²) >= 11 is 0. The monoisotopic (exact) mass is 302 g/mol. The molecule has 0 bridgehead atoms. The van der Waals surface area contributed by atoms with Crippen LogP contribution in [0.15, 0.2) is 24.4 Å². The Morgan fingerprint density at radius 1 is 1.32 bits per heavy atom. The maximum absolute atomic E-state index is 12.3. The topological polar surface area (TPSA) is 73.4 Å². The predicted octanol–water partition coefficient (Wildman–Crippen LogP) is 2.73. The highest BCUT2D eigenvalue weighted by molar-refractivity contribution is 5.85. The molecular weight excluding hydrogens is 280 g/mol. The Balaban J connectivity index is 2.08. The molecule has 0 saturated heterocycles. The minimum atomic E-state index is -0.982. The number of H-pyrrole nitrogens is 1. The summed E-state index contributed by atoms with van der Waals surface area (Å²) in [5.74, 6) is -1.11. The number of aliphatic carboxylic acids is 1. The van der Waals surface area contributed by atoms with Crippen LogP contribution in [-0.2, 0) is 16.0 Å². The smallest absolute Gasteiger partial charge is 0.323 e. The molecule has 5 nitrogen and oxygen atoms in total. The number of carboxylic acids is 1. The number of fused-ring (bicyclic) bond motifs is 1. The van der Waals surface area contributed by atoms with Crippen LogP contribution in [-0.4, -0.2) is 39.5 Å². The highest BCUT2D eigenvalue weighted by Crippen LogP contribution is 2.21. The van der Waals surface area contributed by atoms with E-state index in [1.165, 1.54) is 10.5 Å². The van der Waals surface area contributed by atoms with Gasteiger partial charge in [0.1, 0.15) is 6.54 Å². The molecule has 1 amide bonds. The van der Waals surface area contributed by atoms with Crippen LogP contribution in [0.4, 0.5) is 0 Å². The van der Waals surface area contributed by atoms with Gasteiger partial charge in [0.2, 0.25) is 5.91 Å². The minimum absolute atomic E-state index is 0.117. The Morgan fingerprint density at radius 3 is 2.68 bits per heavy atom. The van der Waals surface area contributed by atoms with Crippen LogP contribution in [0, 0.1) is 6.92 Å². The van der Waals surface area contributed by atoms with Gasteiger partial charge in [0, 0.05) is 29.6 Å². The highest BCUT2D eigenvalue weighted by atomic mass is 16.4. The van der Waals surface area contributed by atoms with E-state index < -0.39 is 5.97 Å². The Kier molecular flexibility index (Phi) is 4.85. The maximum Gasteiger partial charge on any atom is 0.323 e. The van der Waals surface area contributed by atoms with E-state index in [-0.39, 0.29) is 18.5 Å². The lowest BCUT2D eigenvalue weighted by Crippen LogP contribution is -2.40. The van der Waals surface area contributed by atoms with Gasteiger partial charge in [-0.05, 0) is 44.9 Å². The molecule has 5 heteroatoms. The van der Waals surface area contributed by atoms with E-state index in [0.717, 1.165) is 16.5 Å². The minimum Gasteiger partial charge on any atom is -0.480 e. The summed E-state index contributed by atoms with van der Waals surface area (Å²) in [4.78, 5) is 27.7. The van der Waals surface area contributed by atoms with Crippen molar-refractivity contribution in [3.8, 4) is 0 Å². The summed E-state index contributed by atoms with van der Waals surface area (Å²) < 4.78 is 0. The second kappa shape index (κ2) is 6.64. The molecule has 0 saturated carbocycles. The molecule has 1 aromatic heterocycles. The number of nitrogens with zero attached hydrogens (tertiary/aromatic N) is 1. The van der Waals surface area contributed by atoms with Crippen LogP contribution >= 0.6 is 0 Å². The van der Waals surface area contributed by atoms with E-state index in [1.54, 1.807) is 0 Å². The van der Waals surface area contributed by atoms with Crippen molar-refractivity contribution in [2.24, 2.45) is 0 Å². The van der Waals surface area contributed by atoms with Crippen molar-refractivity contribution in [3.05, 3.63) is 35.5 Å². The maximum atomic E-state index is 12.3. The van der Waals surface area contributed by atoms with E-state index in [0.29, 0.717) is 12.8 Å². The van der Waals surface area contributed by atoms with Crippen molar-refractivity contribution in [1.29, 1.82) is 0 Å². The number of hydrogen-bond acceptors (Lipinski definition) is 2. The predicted molar refractivity (Wildman–Crippen MR) is 85.8 cm³/mol. The molecule has 2 rings (SSSR count). The van der Waals surface area contributed by atoms with Crippen LogP contribution in [0.3, 0.4) is 0 Å². The molecule has 0 atom stereocenters. The van der Waals surface area contributed by atoms with E-state index in [4.69, 9.17) is 5.11 Å². The SMILES string of the molecule is Cc1ccc2[nH]cc(CCC(=O)N(CC(=O)O)C(C)C)c2c1. The summed E-state index contributed by atoms with van der Waals surface area (Å²) in [7, 11) is 0. The first-order chi connectivity index (χ1) is 10.4. The largest absolute Gasteiger partial charge is 0.480 e. The standard InChI is InChI=1S/C17H22N2O3/c1-11(2)19(10-17(21)22)16(20)7-5-13-9-18-15-6-4-12(3)8-14(13)15/h4,6,8-9,11,18H,5,7,10H2,1-3H3,(H,21,22). The third kappa shape index (κ3) is 3.67. The first-order valence-corrected chi connectivity index (χ1v) is 7.46. The van der Waals surface area contributed by atoms with Crippen LogP contribution < -0.4 is 0 Å². The van der Waals surface area contributed by atoms with Crippen molar-refractivity contribution >= 4 is 22.8 Å². The summed E-state index contributed by atoms with van der Waals surface area (Å²) in [6, 6.07) is 6.05. The molecule has 0 radical (unpaired) electrons. The normalized spacial score (nSPS) is 11.1. The van der Waals surface area contributed by atoms with Gasteiger partial charge in [-0.25, -0.2) is 0 Å². The number of carbonyl (C=O) groups excluding carboxylic acids is 1. The van der Waals surface area contributed by atoms with Gasteiger partial charge in [0.05, 0.1) is 0 Å². The lowest BCUT2D eigenvalue weighted by molar-refractivity contribution is -0.145. The van der Waals surface area contributed by atoms with E-state index in [2.05, 4.69) is 11.1 Å². The number of hydrogen-bond donors (Lipinski definition) is 2. The van der Waals surface area contributed by atoms with Crippen LogP contribution in [0.2, 0.25) is 0 Å². The summed E-state index contributed by atoms with van der Waals surface area (Å²) in [6.45, 7) is 5.45. The van der Waals surface area contributed by atoms with E-state index in [9.17, 15) is 9.59 Å². The van der Waals surface area contributed by atoms with Crippen molar-refractivity contribution in [1.82, 2.24) is 9.88 Å². The Bertz CT molecular complexity index is 688. The quantitative estimate of drug-likeness (QED) is 0.861. The lowest BCUT2D eigenvalue weighted by atomic mass is 10.1. The number of aromatic amines is 1. The molecule has 0 spiro atoms. The van der Waals surface area contributed by atoms with Crippen molar-refractivity contribution in [3.63, 3.8) is 0 Å². The Morgan fingerprint density at radius 2 is 2.05 bits per heavy atom. The summed E-state index contributed by atoms with van der Waals surface area (Å²) in [5.41, 5.74) is 3.32. The molecule has 0 fully saturated rings. The average molecular weight is 302 g/mol. The number of carbonyl (C=O) groups is 2. The zero-order valence-electron chi connectivity index (χ0n) is 13.2. The molecular formula is C17H22N2O3. The van der Waals surface area contributed by atoms with E-state index >= 15 is 0 Å². The van der Waals surface area contributed by atoms with Crippen LogP contribution in [0.25, 0.3) is 10.9 Å². The average Bonchev–Trinajstić information content (AvgIpc) is 2.84. The summed E-state index contributed by atoms with van der Waals surface area (Å²) in [5, 5.41) is 10.0. The van der Waals surface area contributed by atoms with Crippen molar-refractivity contribution in [2.45, 2.75) is 39.7 Å².